The van der Waals surface area contributed by atoms with E-state index in [9.17, 15) is 9.59 Å². The van der Waals surface area contributed by atoms with Crippen LogP contribution in [0.1, 0.15) is 33.7 Å². The summed E-state index contributed by atoms with van der Waals surface area (Å²) < 4.78 is 16.4. The fraction of sp³-hybridized carbons (Fsp3) is 0.286. The van der Waals surface area contributed by atoms with Crippen LogP contribution in [0.25, 0.3) is 0 Å². The Balaban J connectivity index is 1.27. The largest absolute Gasteiger partial charge is 0.497 e. The molecule has 0 radical (unpaired) electrons. The van der Waals surface area contributed by atoms with Crippen LogP contribution in [0.2, 0.25) is 0 Å². The standard InChI is InChI=1S/C28H29NO5S2/c1-32-23-12-8-21(9-13-23)27(20-6-3-2-4-7-20)29-25(30)18-34-26(31)19-33-24-14-10-22(11-15-24)28-35-16-5-17-36-28/h2-4,6-15,27-28H,5,16-19H2,1H3,(H,29,30)/t27-/m0/s1. The van der Waals surface area contributed by atoms with Gasteiger partial charge in [-0.15, -0.1) is 23.5 Å². The number of carbonyl (C=O) groups excluding carboxylic acids is 2. The molecule has 8 heteroatoms. The third-order valence-corrected chi connectivity index (χ3v) is 8.60. The molecule has 1 saturated heterocycles. The van der Waals surface area contributed by atoms with Crippen LogP contribution >= 0.6 is 23.5 Å². The van der Waals surface area contributed by atoms with E-state index in [1.807, 2.05) is 102 Å². The van der Waals surface area contributed by atoms with E-state index in [1.54, 1.807) is 7.11 Å². The van der Waals surface area contributed by atoms with Crippen molar-refractivity contribution in [3.8, 4) is 11.5 Å². The van der Waals surface area contributed by atoms with Crippen LogP contribution < -0.4 is 14.8 Å². The van der Waals surface area contributed by atoms with Crippen LogP contribution in [0.15, 0.2) is 78.9 Å². The lowest BCUT2D eigenvalue weighted by atomic mass is 9.98. The Hall–Kier alpha value is -3.10. The zero-order chi connectivity index (χ0) is 25.2. The zero-order valence-corrected chi connectivity index (χ0v) is 21.7. The summed E-state index contributed by atoms with van der Waals surface area (Å²) in [5, 5.41) is 2.95. The number of esters is 1. The van der Waals surface area contributed by atoms with Crippen molar-refractivity contribution >= 4 is 35.4 Å². The molecule has 0 saturated carbocycles. The van der Waals surface area contributed by atoms with Gasteiger partial charge in [-0.1, -0.05) is 54.6 Å². The highest BCUT2D eigenvalue weighted by Gasteiger charge is 2.19. The molecule has 0 unspecified atom stereocenters. The van der Waals surface area contributed by atoms with E-state index in [-0.39, 0.29) is 6.61 Å². The molecule has 3 aromatic carbocycles. The Labute approximate surface area is 220 Å². The van der Waals surface area contributed by atoms with E-state index in [2.05, 4.69) is 5.32 Å². The average Bonchev–Trinajstić information content (AvgIpc) is 2.95. The fourth-order valence-corrected chi connectivity index (χ4v) is 6.63. The van der Waals surface area contributed by atoms with Gasteiger partial charge in [0.1, 0.15) is 11.5 Å². The molecule has 1 fully saturated rings. The molecule has 0 bridgehead atoms. The van der Waals surface area contributed by atoms with Crippen molar-refractivity contribution in [2.75, 3.05) is 31.8 Å². The third-order valence-electron chi connectivity index (χ3n) is 5.59. The van der Waals surface area contributed by atoms with Crippen molar-refractivity contribution in [3.63, 3.8) is 0 Å². The second kappa shape index (κ2) is 13.3. The number of benzene rings is 3. The number of methoxy groups -OCH3 is 1. The molecule has 1 N–H and O–H groups in total. The van der Waals surface area contributed by atoms with Gasteiger partial charge in [0.05, 0.1) is 17.7 Å². The van der Waals surface area contributed by atoms with Gasteiger partial charge in [-0.2, -0.15) is 0 Å². The van der Waals surface area contributed by atoms with E-state index in [4.69, 9.17) is 14.2 Å². The van der Waals surface area contributed by atoms with Crippen molar-refractivity contribution in [3.05, 3.63) is 95.6 Å². The molecule has 0 spiro atoms. The number of ether oxygens (including phenoxy) is 3. The first kappa shape index (κ1) is 26.0. The third kappa shape index (κ3) is 7.45. The van der Waals surface area contributed by atoms with Gasteiger partial charge in [-0.05, 0) is 58.9 Å². The Morgan fingerprint density at radius 3 is 2.17 bits per heavy atom. The highest BCUT2D eigenvalue weighted by molar-refractivity contribution is 8.16. The highest BCUT2D eigenvalue weighted by Crippen LogP contribution is 2.43. The van der Waals surface area contributed by atoms with Gasteiger partial charge < -0.3 is 19.5 Å². The number of nitrogens with one attached hydrogen (secondary N) is 1. The monoisotopic (exact) mass is 523 g/mol. The minimum atomic E-state index is -0.603. The van der Waals surface area contributed by atoms with Crippen molar-refractivity contribution < 1.29 is 23.8 Å². The molecule has 0 aromatic heterocycles. The number of rotatable bonds is 10. The van der Waals surface area contributed by atoms with Gasteiger partial charge in [0, 0.05) is 0 Å². The molecule has 1 aliphatic rings. The molecule has 4 rings (SSSR count). The van der Waals surface area contributed by atoms with Gasteiger partial charge in [0.2, 0.25) is 0 Å². The molecule has 1 aliphatic heterocycles. The summed E-state index contributed by atoms with van der Waals surface area (Å²) in [6.45, 7) is -0.656. The quantitative estimate of drug-likeness (QED) is 0.357. The first-order valence-corrected chi connectivity index (χ1v) is 13.8. The topological polar surface area (TPSA) is 73.9 Å². The molecule has 6 nitrogen and oxygen atoms in total. The summed E-state index contributed by atoms with van der Waals surface area (Å²) in [6, 6.07) is 24.5. The molecule has 3 aromatic rings. The lowest BCUT2D eigenvalue weighted by molar-refractivity contribution is -0.150. The summed E-state index contributed by atoms with van der Waals surface area (Å²) in [4.78, 5) is 24.8. The van der Waals surface area contributed by atoms with Crippen molar-refractivity contribution in [2.45, 2.75) is 17.0 Å². The van der Waals surface area contributed by atoms with E-state index in [1.165, 1.54) is 23.5 Å². The van der Waals surface area contributed by atoms with Crippen molar-refractivity contribution in [1.82, 2.24) is 5.32 Å². The molecule has 0 aliphatic carbocycles. The van der Waals surface area contributed by atoms with Crippen LogP contribution in [0, 0.1) is 0 Å². The number of hydrogen-bond acceptors (Lipinski definition) is 7. The summed E-state index contributed by atoms with van der Waals surface area (Å²) in [5.41, 5.74) is 3.05. The maximum absolute atomic E-state index is 12.6. The molecular formula is C28H29NO5S2. The van der Waals surface area contributed by atoms with Crippen LogP contribution in [-0.4, -0.2) is 43.7 Å². The number of hydrogen-bond donors (Lipinski definition) is 1. The normalized spacial score (nSPS) is 14.5. The Morgan fingerprint density at radius 2 is 1.50 bits per heavy atom. The van der Waals surface area contributed by atoms with Crippen LogP contribution in [0.3, 0.4) is 0 Å². The summed E-state index contributed by atoms with van der Waals surface area (Å²) in [7, 11) is 1.61. The predicted octanol–water partition coefficient (Wildman–Crippen LogP) is 5.39. The minimum absolute atomic E-state index is 0.264. The smallest absolute Gasteiger partial charge is 0.344 e. The highest BCUT2D eigenvalue weighted by atomic mass is 32.2. The first-order chi connectivity index (χ1) is 17.6. The van der Waals surface area contributed by atoms with Gasteiger partial charge in [-0.25, -0.2) is 4.79 Å². The summed E-state index contributed by atoms with van der Waals surface area (Å²) in [6.07, 6.45) is 1.25. The van der Waals surface area contributed by atoms with Gasteiger partial charge >= 0.3 is 5.97 Å². The first-order valence-electron chi connectivity index (χ1n) is 11.7. The SMILES string of the molecule is COc1ccc([C@@H](NC(=O)COC(=O)COc2ccc(C3SCCCS3)cc2)c2ccccc2)cc1. The molecule has 1 heterocycles. The van der Waals surface area contributed by atoms with Gasteiger partial charge in [0.25, 0.3) is 5.91 Å². The number of thioether (sulfide) groups is 2. The predicted molar refractivity (Wildman–Crippen MR) is 145 cm³/mol. The van der Waals surface area contributed by atoms with E-state index < -0.39 is 24.5 Å². The lowest BCUT2D eigenvalue weighted by Gasteiger charge is -2.21. The van der Waals surface area contributed by atoms with Crippen molar-refractivity contribution in [1.29, 1.82) is 0 Å². The lowest BCUT2D eigenvalue weighted by Crippen LogP contribution is -2.33. The average molecular weight is 524 g/mol. The summed E-state index contributed by atoms with van der Waals surface area (Å²) in [5.74, 6) is 2.68. The van der Waals surface area contributed by atoms with Crippen molar-refractivity contribution in [2.24, 2.45) is 0 Å². The van der Waals surface area contributed by atoms with Crippen LogP contribution in [-0.2, 0) is 14.3 Å². The van der Waals surface area contributed by atoms with Crippen LogP contribution in [0.5, 0.6) is 11.5 Å². The zero-order valence-electron chi connectivity index (χ0n) is 20.1. The van der Waals surface area contributed by atoms with E-state index in [0.29, 0.717) is 10.3 Å². The van der Waals surface area contributed by atoms with Crippen LogP contribution in [0.4, 0.5) is 0 Å². The summed E-state index contributed by atoms with van der Waals surface area (Å²) >= 11 is 3.91. The maximum Gasteiger partial charge on any atom is 0.344 e. The molecule has 36 heavy (non-hydrogen) atoms. The molecule has 1 atom stereocenters. The molecule has 188 valence electrons. The number of carbonyl (C=O) groups is 2. The Kier molecular flexibility index (Phi) is 9.58. The van der Waals surface area contributed by atoms with Gasteiger partial charge in [0.15, 0.2) is 13.2 Å². The van der Waals surface area contributed by atoms with E-state index in [0.717, 1.165) is 16.9 Å². The van der Waals surface area contributed by atoms with E-state index >= 15 is 0 Å². The molecule has 1 amide bonds. The maximum atomic E-state index is 12.6. The Morgan fingerprint density at radius 1 is 0.861 bits per heavy atom. The second-order valence-electron chi connectivity index (χ2n) is 8.13. The molecular weight excluding hydrogens is 494 g/mol. The number of amides is 1. The fourth-order valence-electron chi connectivity index (χ4n) is 3.74. The second-order valence-corrected chi connectivity index (χ2v) is 10.9. The Bertz CT molecular complexity index is 1120. The van der Waals surface area contributed by atoms with Gasteiger partial charge in [-0.3, -0.25) is 4.79 Å². The minimum Gasteiger partial charge on any atom is -0.497 e.